The van der Waals surface area contributed by atoms with E-state index in [1.807, 2.05) is 0 Å². The monoisotopic (exact) mass is 903 g/mol. The molecule has 0 aromatic carbocycles. The standard InChI is InChI=1S/C54H96O6P2/c1-50(2,40-22-13-9-14-23-40)44-30-21-31-48(46(34-44)52(5,6)42-26-17-11-18-27-42)59-61-55-36-54(37-56-61)38-57-62(58-39-54)60-49-33-32-45(51(3,4)41-24-15-10-16-25-41)35-47(49)53(7,8)43-28-19-12-20-29-43/h40-49H,9-39H2,1-8H3. The van der Waals surface area contributed by atoms with Gasteiger partial charge in [-0.25, -0.2) is 0 Å². The molecule has 6 atom stereocenters. The summed E-state index contributed by atoms with van der Waals surface area (Å²) in [4.78, 5) is 0. The van der Waals surface area contributed by atoms with Crippen LogP contribution in [0.5, 0.6) is 0 Å². The minimum absolute atomic E-state index is 0.188. The van der Waals surface area contributed by atoms with Crippen LogP contribution in [0.15, 0.2) is 0 Å². The Morgan fingerprint density at radius 2 is 0.645 bits per heavy atom. The molecule has 1 spiro atoms. The van der Waals surface area contributed by atoms with Crippen molar-refractivity contribution in [2.24, 2.45) is 74.4 Å². The first kappa shape index (κ1) is 49.1. The van der Waals surface area contributed by atoms with E-state index in [4.69, 9.17) is 27.1 Å². The van der Waals surface area contributed by atoms with Crippen molar-refractivity contribution in [3.05, 3.63) is 0 Å². The van der Waals surface area contributed by atoms with Gasteiger partial charge in [0.25, 0.3) is 0 Å². The van der Waals surface area contributed by atoms with Crippen molar-refractivity contribution in [3.8, 4) is 0 Å². The van der Waals surface area contributed by atoms with Crippen LogP contribution in [0, 0.1) is 74.4 Å². The van der Waals surface area contributed by atoms with Crippen LogP contribution in [-0.4, -0.2) is 38.6 Å². The number of rotatable bonds is 12. The highest BCUT2D eigenvalue weighted by Crippen LogP contribution is 2.62. The molecule has 62 heavy (non-hydrogen) atoms. The first-order valence-corrected chi connectivity index (χ1v) is 29.3. The molecule has 0 amide bonds. The summed E-state index contributed by atoms with van der Waals surface area (Å²) in [6.45, 7) is 23.3. The molecule has 6 saturated carbocycles. The van der Waals surface area contributed by atoms with E-state index in [1.165, 1.54) is 161 Å². The topological polar surface area (TPSA) is 55.4 Å². The Kier molecular flexibility index (Phi) is 16.7. The molecule has 8 fully saturated rings. The second-order valence-corrected chi connectivity index (χ2v) is 27.9. The maximum Gasteiger partial charge on any atom is 0.332 e. The molecule has 0 aromatic heterocycles. The average molecular weight is 903 g/mol. The van der Waals surface area contributed by atoms with Gasteiger partial charge in [-0.05, 0) is 159 Å². The van der Waals surface area contributed by atoms with Gasteiger partial charge >= 0.3 is 17.2 Å². The van der Waals surface area contributed by atoms with Gasteiger partial charge in [-0.3, -0.25) is 0 Å². The maximum absolute atomic E-state index is 7.15. The van der Waals surface area contributed by atoms with Gasteiger partial charge in [0.1, 0.15) is 0 Å². The van der Waals surface area contributed by atoms with Crippen LogP contribution < -0.4 is 0 Å². The van der Waals surface area contributed by atoms with Gasteiger partial charge in [0, 0.05) is 0 Å². The molecular weight excluding hydrogens is 807 g/mol. The number of hydrogen-bond donors (Lipinski definition) is 0. The molecule has 8 heteroatoms. The molecule has 6 nitrogen and oxygen atoms in total. The molecule has 6 aliphatic carbocycles. The fraction of sp³-hybridized carbons (Fsp3) is 1.00. The fourth-order valence-electron chi connectivity index (χ4n) is 15.7. The van der Waals surface area contributed by atoms with E-state index in [9.17, 15) is 0 Å². The van der Waals surface area contributed by atoms with E-state index in [0.29, 0.717) is 49.1 Å². The van der Waals surface area contributed by atoms with Crippen LogP contribution >= 0.6 is 17.2 Å². The van der Waals surface area contributed by atoms with Crippen LogP contribution in [0.1, 0.15) is 229 Å². The van der Waals surface area contributed by atoms with Crippen molar-refractivity contribution in [1.29, 1.82) is 0 Å². The van der Waals surface area contributed by atoms with Gasteiger partial charge < -0.3 is 27.1 Å². The van der Waals surface area contributed by atoms with Crippen molar-refractivity contribution >= 4 is 17.2 Å². The zero-order valence-corrected chi connectivity index (χ0v) is 43.3. The Balaban J connectivity index is 0.882. The molecule has 8 rings (SSSR count). The SMILES string of the molecule is CC(C)(C1CCCCC1)C1CCCC(OP2OCC3(CO2)COP(OC2CCC(C(C)(C)C4CCCCC4)CC2C(C)(C)C2CCCCC2)OC3)C(C(C)(C)C2CCCCC2)C1. The third-order valence-electron chi connectivity index (χ3n) is 20.8. The summed E-state index contributed by atoms with van der Waals surface area (Å²) in [6, 6.07) is 0. The average Bonchev–Trinajstić information content (AvgIpc) is 3.53. The lowest BCUT2D eigenvalue weighted by Gasteiger charge is -2.54. The highest BCUT2D eigenvalue weighted by molar-refractivity contribution is 7.42. The molecule has 0 N–H and O–H groups in total. The Bertz CT molecular complexity index is 1360. The third-order valence-corrected chi connectivity index (χ3v) is 23.1. The zero-order valence-electron chi connectivity index (χ0n) is 41.5. The maximum atomic E-state index is 7.15. The van der Waals surface area contributed by atoms with E-state index in [2.05, 4.69) is 55.4 Å². The molecule has 358 valence electrons. The number of hydrogen-bond acceptors (Lipinski definition) is 6. The van der Waals surface area contributed by atoms with Crippen molar-refractivity contribution in [2.45, 2.75) is 241 Å². The first-order chi connectivity index (χ1) is 29.7. The highest BCUT2D eigenvalue weighted by Gasteiger charge is 2.53. The Labute approximate surface area is 384 Å². The van der Waals surface area contributed by atoms with E-state index in [-0.39, 0.29) is 28.5 Å². The van der Waals surface area contributed by atoms with Gasteiger partial charge in [-0.2, -0.15) is 0 Å². The van der Waals surface area contributed by atoms with Crippen molar-refractivity contribution in [3.63, 3.8) is 0 Å². The lowest BCUT2D eigenvalue weighted by molar-refractivity contribution is -0.104. The molecule has 0 aromatic rings. The molecule has 2 heterocycles. The minimum atomic E-state index is -1.41. The van der Waals surface area contributed by atoms with Gasteiger partial charge in [-0.15, -0.1) is 0 Å². The first-order valence-electron chi connectivity index (χ1n) is 27.1. The largest absolute Gasteiger partial charge is 0.332 e. The van der Waals surface area contributed by atoms with Gasteiger partial charge in [0.15, 0.2) is 0 Å². The van der Waals surface area contributed by atoms with Crippen LogP contribution in [-0.2, 0) is 27.1 Å². The van der Waals surface area contributed by atoms with Crippen molar-refractivity contribution in [1.82, 2.24) is 0 Å². The third kappa shape index (κ3) is 11.1. The quantitative estimate of drug-likeness (QED) is 0.144. The predicted octanol–water partition coefficient (Wildman–Crippen LogP) is 16.9. The fourth-order valence-corrected chi connectivity index (χ4v) is 18.6. The second kappa shape index (κ2) is 21.1. The van der Waals surface area contributed by atoms with Crippen LogP contribution in [0.25, 0.3) is 0 Å². The Hall–Kier alpha value is 0.620. The summed E-state index contributed by atoms with van der Waals surface area (Å²) in [6.07, 6.45) is 37.2. The van der Waals surface area contributed by atoms with Crippen LogP contribution in [0.4, 0.5) is 0 Å². The minimum Gasteiger partial charge on any atom is -0.311 e. The van der Waals surface area contributed by atoms with E-state index >= 15 is 0 Å². The molecule has 0 radical (unpaired) electrons. The van der Waals surface area contributed by atoms with E-state index < -0.39 is 17.2 Å². The van der Waals surface area contributed by atoms with E-state index in [1.54, 1.807) is 0 Å². The highest BCUT2D eigenvalue weighted by atomic mass is 31.2. The summed E-state index contributed by atoms with van der Waals surface area (Å²) >= 11 is 0. The Morgan fingerprint density at radius 1 is 0.339 bits per heavy atom. The van der Waals surface area contributed by atoms with Gasteiger partial charge in [0.2, 0.25) is 0 Å². The molecule has 2 aliphatic heterocycles. The summed E-state index contributed by atoms with van der Waals surface area (Å²) in [7, 11) is -2.81. The van der Waals surface area contributed by atoms with Crippen LogP contribution in [0.3, 0.4) is 0 Å². The summed E-state index contributed by atoms with van der Waals surface area (Å²) in [5, 5.41) is 0. The summed E-state index contributed by atoms with van der Waals surface area (Å²) in [5.74, 6) is 5.86. The smallest absolute Gasteiger partial charge is 0.311 e. The molecular formula is C54H96O6P2. The van der Waals surface area contributed by atoms with E-state index in [0.717, 1.165) is 48.3 Å². The normalized spacial score (nSPS) is 37.9. The zero-order chi connectivity index (χ0) is 43.6. The van der Waals surface area contributed by atoms with Gasteiger partial charge in [0.05, 0.1) is 44.1 Å². The second-order valence-electron chi connectivity index (χ2n) is 25.5. The molecule has 8 aliphatic rings. The Morgan fingerprint density at radius 3 is 1.02 bits per heavy atom. The summed E-state index contributed by atoms with van der Waals surface area (Å²) < 4.78 is 40.8. The summed E-state index contributed by atoms with van der Waals surface area (Å²) in [5.41, 5.74) is 0.956. The van der Waals surface area contributed by atoms with Gasteiger partial charge in [-0.1, -0.05) is 139 Å². The van der Waals surface area contributed by atoms with Crippen LogP contribution in [0.2, 0.25) is 0 Å². The predicted molar refractivity (Wildman–Crippen MR) is 258 cm³/mol. The molecule has 2 saturated heterocycles. The molecule has 6 unspecified atom stereocenters. The van der Waals surface area contributed by atoms with Crippen molar-refractivity contribution in [2.75, 3.05) is 26.4 Å². The lowest BCUT2D eigenvalue weighted by Crippen LogP contribution is -2.48. The lowest BCUT2D eigenvalue weighted by atomic mass is 9.54. The van der Waals surface area contributed by atoms with Crippen molar-refractivity contribution < 1.29 is 27.1 Å². The molecule has 0 bridgehead atoms.